The topological polar surface area (TPSA) is 66.9 Å². The number of carbonyl (C=O) groups excluding carboxylic acids is 1. The van der Waals surface area contributed by atoms with E-state index in [1.807, 2.05) is 18.2 Å². The van der Waals surface area contributed by atoms with E-state index in [1.54, 1.807) is 35.0 Å². The Morgan fingerprint density at radius 2 is 1.66 bits per heavy atom. The highest BCUT2D eigenvalue weighted by atomic mass is 32.2. The number of unbranched alkanes of at least 4 members (excludes halogenated alkanes) is 5. The first kappa shape index (κ1) is 27.1. The molecule has 0 N–H and O–H groups in total. The van der Waals surface area contributed by atoms with Crippen LogP contribution in [0.4, 0.5) is 10.5 Å². The molecule has 0 bridgehead atoms. The first-order chi connectivity index (χ1) is 16.8. The summed E-state index contributed by atoms with van der Waals surface area (Å²) in [5.74, 6) is 0.922. The number of hydrogen-bond acceptors (Lipinski definition) is 4. The van der Waals surface area contributed by atoms with E-state index < -0.39 is 10.1 Å². The van der Waals surface area contributed by atoms with Gasteiger partial charge in [-0.15, -0.1) is 0 Å². The maximum absolute atomic E-state index is 12.9. The van der Waals surface area contributed by atoms with E-state index in [0.717, 1.165) is 18.4 Å². The third-order valence-corrected chi connectivity index (χ3v) is 8.09. The van der Waals surface area contributed by atoms with E-state index in [9.17, 15) is 13.2 Å². The molecule has 1 aliphatic rings. The molecule has 0 saturated carbocycles. The van der Waals surface area contributed by atoms with Crippen LogP contribution in [0.25, 0.3) is 0 Å². The molecule has 1 heterocycles. The van der Waals surface area contributed by atoms with Gasteiger partial charge >= 0.3 is 16.1 Å². The van der Waals surface area contributed by atoms with Gasteiger partial charge in [0.05, 0.1) is 0 Å². The second kappa shape index (κ2) is 13.0. The number of urea groups is 1. The average molecular weight is 501 g/mol. The maximum Gasteiger partial charge on any atom is 0.339 e. The monoisotopic (exact) mass is 500 g/mol. The summed E-state index contributed by atoms with van der Waals surface area (Å²) in [6.45, 7) is 5.70. The van der Waals surface area contributed by atoms with Crippen molar-refractivity contribution < 1.29 is 17.4 Å². The van der Waals surface area contributed by atoms with E-state index >= 15 is 0 Å². The van der Waals surface area contributed by atoms with Crippen molar-refractivity contribution in [2.75, 3.05) is 25.0 Å². The molecule has 1 fully saturated rings. The van der Waals surface area contributed by atoms with Crippen molar-refractivity contribution >= 4 is 21.8 Å². The van der Waals surface area contributed by atoms with Gasteiger partial charge in [0, 0.05) is 25.8 Å². The van der Waals surface area contributed by atoms with Crippen LogP contribution >= 0.6 is 0 Å². The van der Waals surface area contributed by atoms with E-state index in [0.29, 0.717) is 30.4 Å². The Balaban J connectivity index is 1.58. The minimum atomic E-state index is -3.97. The van der Waals surface area contributed by atoms with Gasteiger partial charge in [0.2, 0.25) is 0 Å². The Bertz CT molecular complexity index is 1050. The van der Waals surface area contributed by atoms with Crippen molar-refractivity contribution in [3.63, 3.8) is 0 Å². The second-order valence-corrected chi connectivity index (χ2v) is 11.1. The Morgan fingerprint density at radius 1 is 0.943 bits per heavy atom. The van der Waals surface area contributed by atoms with Crippen molar-refractivity contribution in [3.05, 3.63) is 54.1 Å². The van der Waals surface area contributed by atoms with Crippen molar-refractivity contribution in [1.29, 1.82) is 0 Å². The lowest BCUT2D eigenvalue weighted by atomic mass is 9.91. The highest BCUT2D eigenvalue weighted by molar-refractivity contribution is 7.87. The summed E-state index contributed by atoms with van der Waals surface area (Å²) < 4.78 is 31.2. The van der Waals surface area contributed by atoms with Gasteiger partial charge in [0.15, 0.2) is 0 Å². The van der Waals surface area contributed by atoms with Crippen LogP contribution < -0.4 is 9.08 Å². The van der Waals surface area contributed by atoms with E-state index in [2.05, 4.69) is 13.8 Å². The fourth-order valence-electron chi connectivity index (χ4n) is 4.58. The molecular formula is C28H40N2O4S. The predicted octanol–water partition coefficient (Wildman–Crippen LogP) is 6.65. The number of amides is 2. The third-order valence-electron chi connectivity index (χ3n) is 6.83. The molecular weight excluding hydrogens is 460 g/mol. The number of nitrogens with zero attached hydrogens (tertiary/aromatic N) is 2. The molecule has 1 unspecified atom stereocenters. The van der Waals surface area contributed by atoms with Crippen LogP contribution in [-0.4, -0.2) is 39.5 Å². The number of hydrogen-bond donors (Lipinski definition) is 0. The molecule has 192 valence electrons. The molecule has 2 aromatic rings. The minimum Gasteiger partial charge on any atom is -0.379 e. The SMILES string of the molecule is CCCCCCCCC(CC)Cc1cccc(OS(=O)(=O)c2ccc(N3CCN(C)C3=O)cc2)c1. The smallest absolute Gasteiger partial charge is 0.339 e. The predicted molar refractivity (Wildman–Crippen MR) is 142 cm³/mol. The Morgan fingerprint density at radius 3 is 2.31 bits per heavy atom. The molecule has 2 aromatic carbocycles. The van der Waals surface area contributed by atoms with Gasteiger partial charge in [0.1, 0.15) is 10.6 Å². The molecule has 0 aromatic heterocycles. The molecule has 0 aliphatic carbocycles. The van der Waals surface area contributed by atoms with Crippen LogP contribution in [0, 0.1) is 5.92 Å². The average Bonchev–Trinajstić information content (AvgIpc) is 3.18. The molecule has 7 heteroatoms. The summed E-state index contributed by atoms with van der Waals surface area (Å²) in [6.07, 6.45) is 11.0. The van der Waals surface area contributed by atoms with Crippen LogP contribution in [0.5, 0.6) is 5.75 Å². The third kappa shape index (κ3) is 7.72. The standard InChI is InChI=1S/C28H40N2O4S/c1-4-6-7-8-9-10-12-23(5-2)21-24-13-11-14-26(22-24)34-35(32,33)27-17-15-25(16-18-27)30-20-19-29(3)28(30)31/h11,13-18,22-23H,4-10,12,19-21H2,1-3H3. The zero-order chi connectivity index (χ0) is 25.3. The van der Waals surface area contributed by atoms with Gasteiger partial charge < -0.3 is 9.08 Å². The fraction of sp³-hybridized carbons (Fsp3) is 0.536. The second-order valence-electron chi connectivity index (χ2n) is 9.57. The molecule has 3 rings (SSSR count). The minimum absolute atomic E-state index is 0.0705. The number of rotatable bonds is 14. The number of carbonyl (C=O) groups is 1. The van der Waals surface area contributed by atoms with Crippen LogP contribution in [0.3, 0.4) is 0 Å². The summed E-state index contributed by atoms with van der Waals surface area (Å²) in [4.78, 5) is 15.5. The zero-order valence-corrected chi connectivity index (χ0v) is 22.2. The zero-order valence-electron chi connectivity index (χ0n) is 21.4. The van der Waals surface area contributed by atoms with Crippen LogP contribution in [-0.2, 0) is 16.5 Å². The van der Waals surface area contributed by atoms with Crippen LogP contribution in [0.15, 0.2) is 53.4 Å². The number of anilines is 1. The van der Waals surface area contributed by atoms with Crippen molar-refractivity contribution in [2.24, 2.45) is 5.92 Å². The quantitative estimate of drug-likeness (QED) is 0.215. The highest BCUT2D eigenvalue weighted by Gasteiger charge is 2.27. The molecule has 1 atom stereocenters. The normalized spacial score (nSPS) is 15.0. The van der Waals surface area contributed by atoms with Gasteiger partial charge in [-0.1, -0.05) is 77.3 Å². The van der Waals surface area contributed by atoms with Crippen molar-refractivity contribution in [2.45, 2.75) is 76.5 Å². The van der Waals surface area contributed by atoms with Crippen LogP contribution in [0.1, 0.15) is 70.8 Å². The summed E-state index contributed by atoms with van der Waals surface area (Å²) >= 11 is 0. The van der Waals surface area contributed by atoms with Gasteiger partial charge in [0.25, 0.3) is 0 Å². The summed E-state index contributed by atoms with van der Waals surface area (Å²) in [6, 6.07) is 13.6. The largest absolute Gasteiger partial charge is 0.379 e. The van der Waals surface area contributed by atoms with E-state index in [-0.39, 0.29) is 10.9 Å². The van der Waals surface area contributed by atoms with Gasteiger partial charge in [-0.05, 0) is 54.3 Å². The van der Waals surface area contributed by atoms with Gasteiger partial charge in [-0.3, -0.25) is 4.90 Å². The van der Waals surface area contributed by atoms with E-state index in [1.165, 1.54) is 57.1 Å². The molecule has 0 spiro atoms. The molecule has 1 aliphatic heterocycles. The van der Waals surface area contributed by atoms with Gasteiger partial charge in [-0.25, -0.2) is 4.79 Å². The fourth-order valence-corrected chi connectivity index (χ4v) is 5.50. The summed E-state index contributed by atoms with van der Waals surface area (Å²) in [5, 5.41) is 0. The molecule has 35 heavy (non-hydrogen) atoms. The number of likely N-dealkylation sites (N-methyl/N-ethyl adjacent to an activating group) is 1. The highest BCUT2D eigenvalue weighted by Crippen LogP contribution is 2.26. The summed E-state index contributed by atoms with van der Waals surface area (Å²) in [7, 11) is -2.22. The van der Waals surface area contributed by atoms with Crippen LogP contribution in [0.2, 0.25) is 0 Å². The maximum atomic E-state index is 12.9. The first-order valence-corrected chi connectivity index (χ1v) is 14.4. The molecule has 2 amide bonds. The van der Waals surface area contributed by atoms with Gasteiger partial charge in [-0.2, -0.15) is 8.42 Å². The lowest BCUT2D eigenvalue weighted by molar-refractivity contribution is 0.229. The Hall–Kier alpha value is -2.54. The van der Waals surface area contributed by atoms with Crippen molar-refractivity contribution in [1.82, 2.24) is 4.90 Å². The van der Waals surface area contributed by atoms with Crippen molar-refractivity contribution in [3.8, 4) is 5.75 Å². The Labute approximate surface area is 211 Å². The molecule has 0 radical (unpaired) electrons. The molecule has 6 nitrogen and oxygen atoms in total. The lowest BCUT2D eigenvalue weighted by Gasteiger charge is -2.17. The lowest BCUT2D eigenvalue weighted by Crippen LogP contribution is -2.29. The summed E-state index contributed by atoms with van der Waals surface area (Å²) in [5.41, 5.74) is 1.78. The Kier molecular flexibility index (Phi) is 10.0. The molecule has 1 saturated heterocycles. The van der Waals surface area contributed by atoms with E-state index in [4.69, 9.17) is 4.18 Å². The first-order valence-electron chi connectivity index (χ1n) is 13.0. The number of benzene rings is 2.